The highest BCUT2D eigenvalue weighted by Crippen LogP contribution is 2.29. The lowest BCUT2D eigenvalue weighted by Gasteiger charge is -2.08. The van der Waals surface area contributed by atoms with Crippen molar-refractivity contribution in [3.8, 4) is 5.75 Å². The maximum atomic E-state index is 11.6. The Bertz CT molecular complexity index is 806. The highest BCUT2D eigenvalue weighted by atomic mass is 35.5. The van der Waals surface area contributed by atoms with Crippen molar-refractivity contribution in [2.24, 2.45) is 7.05 Å². The summed E-state index contributed by atoms with van der Waals surface area (Å²) in [5, 5.41) is 9.80. The maximum absolute atomic E-state index is 11.6. The van der Waals surface area contributed by atoms with Gasteiger partial charge in [-0.15, -0.1) is 10.2 Å². The summed E-state index contributed by atoms with van der Waals surface area (Å²) in [4.78, 5) is 0. The molecule has 0 aliphatic carbocycles. The van der Waals surface area contributed by atoms with Crippen LogP contribution >= 0.6 is 23.4 Å². The molecule has 0 bridgehead atoms. The minimum Gasteiger partial charge on any atom is -0.493 e. The SMILES string of the molecule is Cn1c(SCCOc2ccc(Cl)cc2)nnc1C1CCS(=O)(=O)C1. The largest absolute Gasteiger partial charge is 0.493 e. The van der Waals surface area contributed by atoms with E-state index in [9.17, 15) is 8.42 Å². The second kappa shape index (κ2) is 7.33. The third-order valence-electron chi connectivity index (χ3n) is 3.86. The van der Waals surface area contributed by atoms with Crippen LogP contribution in [0.4, 0.5) is 0 Å². The Morgan fingerprint density at radius 3 is 2.75 bits per heavy atom. The molecule has 6 nitrogen and oxygen atoms in total. The molecule has 0 spiro atoms. The van der Waals surface area contributed by atoms with Gasteiger partial charge in [0, 0.05) is 23.7 Å². The Kier molecular flexibility index (Phi) is 5.36. The van der Waals surface area contributed by atoms with Crippen molar-refractivity contribution in [1.82, 2.24) is 14.8 Å². The van der Waals surface area contributed by atoms with Crippen LogP contribution in [0.1, 0.15) is 18.2 Å². The summed E-state index contributed by atoms with van der Waals surface area (Å²) in [6, 6.07) is 7.23. The molecule has 1 aliphatic heterocycles. The van der Waals surface area contributed by atoms with Crippen LogP contribution in [0, 0.1) is 0 Å². The minimum atomic E-state index is -2.92. The predicted molar refractivity (Wildman–Crippen MR) is 94.7 cm³/mol. The molecule has 0 radical (unpaired) electrons. The molecule has 1 aromatic heterocycles. The van der Waals surface area contributed by atoms with Gasteiger partial charge in [0.05, 0.1) is 18.1 Å². The topological polar surface area (TPSA) is 74.1 Å². The molecule has 0 saturated carbocycles. The van der Waals surface area contributed by atoms with E-state index in [1.807, 2.05) is 23.7 Å². The minimum absolute atomic E-state index is 0.0489. The molecule has 1 atom stereocenters. The fourth-order valence-electron chi connectivity index (χ4n) is 2.63. The van der Waals surface area contributed by atoms with E-state index in [1.165, 1.54) is 11.8 Å². The van der Waals surface area contributed by atoms with Gasteiger partial charge in [0.1, 0.15) is 11.6 Å². The standard InChI is InChI=1S/C15H18ClN3O3S2/c1-19-14(11-6-9-24(20,21)10-11)17-18-15(19)23-8-7-22-13-4-2-12(16)3-5-13/h2-5,11H,6-10H2,1H3. The fraction of sp³-hybridized carbons (Fsp3) is 0.467. The fourth-order valence-corrected chi connectivity index (χ4v) is 5.23. The zero-order valence-corrected chi connectivity index (χ0v) is 15.6. The summed E-state index contributed by atoms with van der Waals surface area (Å²) < 4.78 is 30.8. The van der Waals surface area contributed by atoms with E-state index in [0.29, 0.717) is 18.1 Å². The van der Waals surface area contributed by atoms with Crippen molar-refractivity contribution in [3.63, 3.8) is 0 Å². The van der Waals surface area contributed by atoms with Crippen LogP contribution in [0.2, 0.25) is 5.02 Å². The van der Waals surface area contributed by atoms with Crippen LogP contribution in [0.25, 0.3) is 0 Å². The Labute approximate surface area is 150 Å². The van der Waals surface area contributed by atoms with Gasteiger partial charge < -0.3 is 9.30 Å². The number of rotatable bonds is 6. The van der Waals surface area contributed by atoms with Crippen LogP contribution in [0.3, 0.4) is 0 Å². The summed E-state index contributed by atoms with van der Waals surface area (Å²) in [5.41, 5.74) is 0. The van der Waals surface area contributed by atoms with Crippen molar-refractivity contribution in [2.45, 2.75) is 17.5 Å². The van der Waals surface area contributed by atoms with Crippen molar-refractivity contribution < 1.29 is 13.2 Å². The smallest absolute Gasteiger partial charge is 0.191 e. The average Bonchev–Trinajstić information content (AvgIpc) is 3.08. The van der Waals surface area contributed by atoms with Crippen LogP contribution in [-0.4, -0.2) is 47.0 Å². The van der Waals surface area contributed by atoms with Gasteiger partial charge in [-0.05, 0) is 30.7 Å². The molecule has 3 rings (SSSR count). The van der Waals surface area contributed by atoms with Crippen molar-refractivity contribution in [3.05, 3.63) is 35.1 Å². The van der Waals surface area contributed by atoms with Crippen molar-refractivity contribution in [2.75, 3.05) is 23.9 Å². The second-order valence-electron chi connectivity index (χ2n) is 5.65. The molecule has 1 saturated heterocycles. The Morgan fingerprint density at radius 1 is 1.33 bits per heavy atom. The third kappa shape index (κ3) is 4.23. The van der Waals surface area contributed by atoms with E-state index < -0.39 is 9.84 Å². The number of benzene rings is 1. The van der Waals surface area contributed by atoms with E-state index in [-0.39, 0.29) is 17.4 Å². The first kappa shape index (κ1) is 17.6. The van der Waals surface area contributed by atoms with E-state index in [4.69, 9.17) is 16.3 Å². The number of hydrogen-bond acceptors (Lipinski definition) is 6. The molecule has 0 N–H and O–H groups in total. The second-order valence-corrected chi connectivity index (χ2v) is 9.38. The van der Waals surface area contributed by atoms with Gasteiger partial charge in [0.15, 0.2) is 15.0 Å². The maximum Gasteiger partial charge on any atom is 0.191 e. The number of thioether (sulfide) groups is 1. The predicted octanol–water partition coefficient (Wildman–Crippen LogP) is 2.54. The molecule has 0 amide bonds. The summed E-state index contributed by atoms with van der Waals surface area (Å²) in [5.74, 6) is 2.60. The molecule has 130 valence electrons. The molecule has 9 heteroatoms. The number of aromatic nitrogens is 3. The number of ether oxygens (including phenoxy) is 1. The van der Waals surface area contributed by atoms with E-state index in [2.05, 4.69) is 10.2 Å². The Morgan fingerprint density at radius 2 is 2.08 bits per heavy atom. The van der Waals surface area contributed by atoms with Crippen LogP contribution < -0.4 is 4.74 Å². The van der Waals surface area contributed by atoms with Crippen molar-refractivity contribution in [1.29, 1.82) is 0 Å². The monoisotopic (exact) mass is 387 g/mol. The molecule has 24 heavy (non-hydrogen) atoms. The molecule has 1 unspecified atom stereocenters. The average molecular weight is 388 g/mol. The third-order valence-corrected chi connectivity index (χ3v) is 6.87. The first-order chi connectivity index (χ1) is 11.4. The molecular weight excluding hydrogens is 370 g/mol. The molecule has 1 fully saturated rings. The van der Waals surface area contributed by atoms with Crippen LogP contribution in [0.5, 0.6) is 5.75 Å². The first-order valence-electron chi connectivity index (χ1n) is 7.55. The number of halogens is 1. The van der Waals surface area contributed by atoms with Gasteiger partial charge in [0.2, 0.25) is 0 Å². The van der Waals surface area contributed by atoms with Crippen LogP contribution in [0.15, 0.2) is 29.4 Å². The van der Waals surface area contributed by atoms with Gasteiger partial charge >= 0.3 is 0 Å². The summed E-state index contributed by atoms with van der Waals surface area (Å²) in [6.07, 6.45) is 0.624. The Balaban J connectivity index is 1.52. The lowest BCUT2D eigenvalue weighted by atomic mass is 10.1. The highest BCUT2D eigenvalue weighted by molar-refractivity contribution is 7.99. The molecular formula is C15H18ClN3O3S2. The lowest BCUT2D eigenvalue weighted by molar-refractivity contribution is 0.344. The molecule has 2 heterocycles. The van der Waals surface area contributed by atoms with E-state index in [1.54, 1.807) is 12.1 Å². The van der Waals surface area contributed by atoms with Gasteiger partial charge in [-0.3, -0.25) is 0 Å². The zero-order valence-electron chi connectivity index (χ0n) is 13.2. The molecule has 2 aromatic rings. The quantitative estimate of drug-likeness (QED) is 0.560. The van der Waals surface area contributed by atoms with Gasteiger partial charge in [0.25, 0.3) is 0 Å². The number of nitrogens with zero attached hydrogens (tertiary/aromatic N) is 3. The molecule has 1 aliphatic rings. The van der Waals surface area contributed by atoms with Gasteiger partial charge in [-0.25, -0.2) is 8.42 Å². The normalized spacial score (nSPS) is 19.5. The number of sulfone groups is 1. The lowest BCUT2D eigenvalue weighted by Crippen LogP contribution is -2.09. The molecule has 1 aromatic carbocycles. The van der Waals surface area contributed by atoms with E-state index >= 15 is 0 Å². The zero-order chi connectivity index (χ0) is 17.2. The number of hydrogen-bond donors (Lipinski definition) is 0. The highest BCUT2D eigenvalue weighted by Gasteiger charge is 2.32. The summed E-state index contributed by atoms with van der Waals surface area (Å²) in [6.45, 7) is 0.534. The summed E-state index contributed by atoms with van der Waals surface area (Å²) in [7, 11) is -1.05. The first-order valence-corrected chi connectivity index (χ1v) is 10.7. The van der Waals surface area contributed by atoms with Crippen molar-refractivity contribution >= 4 is 33.2 Å². The van der Waals surface area contributed by atoms with Gasteiger partial charge in [-0.1, -0.05) is 23.4 Å². The van der Waals surface area contributed by atoms with Gasteiger partial charge in [-0.2, -0.15) is 0 Å². The summed E-state index contributed by atoms with van der Waals surface area (Å²) >= 11 is 7.37. The van der Waals surface area contributed by atoms with Crippen LogP contribution in [-0.2, 0) is 16.9 Å². The van der Waals surface area contributed by atoms with E-state index in [0.717, 1.165) is 22.5 Å². The Hall–Kier alpha value is -1.25.